The topological polar surface area (TPSA) is 64.0 Å². The van der Waals surface area contributed by atoms with Gasteiger partial charge in [-0.15, -0.1) is 11.3 Å². The van der Waals surface area contributed by atoms with Crippen LogP contribution >= 0.6 is 11.3 Å². The number of amides is 1. The second-order valence-corrected chi connectivity index (χ2v) is 7.72. The quantitative estimate of drug-likeness (QED) is 0.563. The fraction of sp³-hybridized carbons (Fsp3) is 0.136. The van der Waals surface area contributed by atoms with E-state index in [0.717, 1.165) is 27.3 Å². The maximum atomic E-state index is 12.8. The number of aryl methyl sites for hydroxylation is 1. The Morgan fingerprint density at radius 2 is 1.89 bits per heavy atom. The number of carbonyl (C=O) groups is 1. The Morgan fingerprint density at radius 1 is 1.11 bits per heavy atom. The lowest BCUT2D eigenvalue weighted by Gasteiger charge is -2.11. The summed E-state index contributed by atoms with van der Waals surface area (Å²) in [5, 5.41) is 2.88. The summed E-state index contributed by atoms with van der Waals surface area (Å²) < 4.78 is 1.91. The number of hydrogen-bond donors (Lipinski definition) is 1. The summed E-state index contributed by atoms with van der Waals surface area (Å²) in [5.41, 5.74) is 4.37. The Bertz CT molecular complexity index is 1230. The van der Waals surface area contributed by atoms with Gasteiger partial charge in [0.25, 0.3) is 5.56 Å². The van der Waals surface area contributed by atoms with E-state index in [-0.39, 0.29) is 18.0 Å². The van der Waals surface area contributed by atoms with Crippen LogP contribution in [0, 0.1) is 13.8 Å². The number of hydrogen-bond acceptors (Lipinski definition) is 4. The minimum absolute atomic E-state index is 0.0757. The maximum Gasteiger partial charge on any atom is 0.271 e. The van der Waals surface area contributed by atoms with E-state index in [0.29, 0.717) is 10.2 Å². The smallest absolute Gasteiger partial charge is 0.271 e. The van der Waals surface area contributed by atoms with Gasteiger partial charge in [0.05, 0.1) is 11.8 Å². The lowest BCUT2D eigenvalue weighted by Crippen LogP contribution is -2.27. The summed E-state index contributed by atoms with van der Waals surface area (Å²) in [6.07, 6.45) is 1.44. The third-order valence-electron chi connectivity index (χ3n) is 4.75. The van der Waals surface area contributed by atoms with Crippen molar-refractivity contribution < 1.29 is 4.79 Å². The second kappa shape index (κ2) is 7.40. The summed E-state index contributed by atoms with van der Waals surface area (Å²) in [4.78, 5) is 30.7. The largest absolute Gasteiger partial charge is 0.324 e. The lowest BCUT2D eigenvalue weighted by atomic mass is 10.1. The molecule has 1 amide bonds. The molecule has 2 heterocycles. The van der Waals surface area contributed by atoms with E-state index in [1.54, 1.807) is 0 Å². The van der Waals surface area contributed by atoms with Crippen LogP contribution in [0.1, 0.15) is 11.1 Å². The third-order valence-corrected chi connectivity index (χ3v) is 5.92. The first kappa shape index (κ1) is 18.1. The van der Waals surface area contributed by atoms with Gasteiger partial charge in [-0.25, -0.2) is 4.98 Å². The lowest BCUT2D eigenvalue weighted by molar-refractivity contribution is -0.116. The van der Waals surface area contributed by atoms with Gasteiger partial charge in [-0.05, 0) is 42.7 Å². The van der Waals surface area contributed by atoms with Gasteiger partial charge in [-0.2, -0.15) is 0 Å². The highest BCUT2D eigenvalue weighted by atomic mass is 32.1. The van der Waals surface area contributed by atoms with E-state index >= 15 is 0 Å². The van der Waals surface area contributed by atoms with Gasteiger partial charge in [0.1, 0.15) is 11.2 Å². The van der Waals surface area contributed by atoms with Crippen LogP contribution in [-0.2, 0) is 11.3 Å². The van der Waals surface area contributed by atoms with Crippen molar-refractivity contribution in [2.75, 3.05) is 5.32 Å². The molecule has 0 aliphatic carbocycles. The fourth-order valence-corrected chi connectivity index (χ4v) is 4.10. The van der Waals surface area contributed by atoms with Gasteiger partial charge in [-0.3, -0.25) is 14.2 Å². The Balaban J connectivity index is 1.61. The van der Waals surface area contributed by atoms with E-state index in [9.17, 15) is 9.59 Å². The van der Waals surface area contributed by atoms with Crippen LogP contribution in [0.4, 0.5) is 5.69 Å². The minimum Gasteiger partial charge on any atom is -0.324 e. The number of benzene rings is 2. The average Bonchev–Trinajstić information content (AvgIpc) is 3.14. The zero-order valence-electron chi connectivity index (χ0n) is 15.6. The third kappa shape index (κ3) is 3.46. The molecular weight excluding hydrogens is 370 g/mol. The highest BCUT2D eigenvalue weighted by molar-refractivity contribution is 7.22. The predicted octanol–water partition coefficient (Wildman–Crippen LogP) is 4.38. The summed E-state index contributed by atoms with van der Waals surface area (Å²) in [7, 11) is 0. The van der Waals surface area contributed by atoms with Crippen molar-refractivity contribution in [2.45, 2.75) is 20.4 Å². The molecule has 5 nitrogen and oxygen atoms in total. The number of nitrogens with zero attached hydrogens (tertiary/aromatic N) is 2. The number of fused-ring (bicyclic) bond motifs is 1. The Morgan fingerprint density at radius 3 is 2.68 bits per heavy atom. The van der Waals surface area contributed by atoms with Gasteiger partial charge in [-0.1, -0.05) is 42.5 Å². The number of thiophene rings is 1. The zero-order valence-corrected chi connectivity index (χ0v) is 16.4. The molecule has 0 aliphatic rings. The van der Waals surface area contributed by atoms with Gasteiger partial charge >= 0.3 is 0 Å². The second-order valence-electron chi connectivity index (χ2n) is 6.66. The molecule has 0 spiro atoms. The minimum atomic E-state index is -0.253. The number of aromatic nitrogens is 2. The first-order valence-corrected chi connectivity index (χ1v) is 9.75. The molecule has 2 aromatic heterocycles. The Labute approximate surface area is 166 Å². The van der Waals surface area contributed by atoms with Gasteiger partial charge in [0.15, 0.2) is 0 Å². The van der Waals surface area contributed by atoms with Gasteiger partial charge in [0.2, 0.25) is 5.91 Å². The van der Waals surface area contributed by atoms with Crippen LogP contribution < -0.4 is 10.9 Å². The van der Waals surface area contributed by atoms with Crippen molar-refractivity contribution in [3.05, 3.63) is 82.4 Å². The molecule has 2 aromatic carbocycles. The number of anilines is 1. The molecular formula is C22H19N3O2S. The Kier molecular flexibility index (Phi) is 4.79. The van der Waals surface area contributed by atoms with Crippen molar-refractivity contribution in [2.24, 2.45) is 0 Å². The molecule has 1 N–H and O–H groups in total. The van der Waals surface area contributed by atoms with E-state index in [2.05, 4.69) is 10.3 Å². The van der Waals surface area contributed by atoms with Crippen LogP contribution in [0.25, 0.3) is 20.7 Å². The first-order chi connectivity index (χ1) is 13.5. The first-order valence-electron chi connectivity index (χ1n) is 8.93. The van der Waals surface area contributed by atoms with E-state index < -0.39 is 0 Å². The molecule has 0 unspecified atom stereocenters. The van der Waals surface area contributed by atoms with Gasteiger partial charge < -0.3 is 5.32 Å². The predicted molar refractivity (Wildman–Crippen MR) is 114 cm³/mol. The average molecular weight is 389 g/mol. The monoisotopic (exact) mass is 389 g/mol. The molecule has 0 aliphatic heterocycles. The van der Waals surface area contributed by atoms with E-state index in [1.165, 1.54) is 22.2 Å². The van der Waals surface area contributed by atoms with E-state index in [1.807, 2.05) is 68.4 Å². The molecule has 0 saturated carbocycles. The van der Waals surface area contributed by atoms with Crippen molar-refractivity contribution in [3.8, 4) is 10.4 Å². The molecule has 140 valence electrons. The molecule has 0 bridgehead atoms. The molecule has 0 radical (unpaired) electrons. The molecule has 28 heavy (non-hydrogen) atoms. The van der Waals surface area contributed by atoms with Crippen molar-refractivity contribution >= 4 is 33.1 Å². The van der Waals surface area contributed by atoms with Gasteiger partial charge in [0, 0.05) is 10.6 Å². The van der Waals surface area contributed by atoms with Crippen LogP contribution in [0.5, 0.6) is 0 Å². The number of carbonyl (C=O) groups excluding carboxylic acids is 1. The summed E-state index contributed by atoms with van der Waals surface area (Å²) in [6, 6.07) is 17.5. The fourth-order valence-electron chi connectivity index (χ4n) is 3.03. The molecule has 0 saturated heterocycles. The normalized spacial score (nSPS) is 10.9. The van der Waals surface area contributed by atoms with Crippen LogP contribution in [0.3, 0.4) is 0 Å². The van der Waals surface area contributed by atoms with Crippen molar-refractivity contribution in [3.63, 3.8) is 0 Å². The van der Waals surface area contributed by atoms with Crippen molar-refractivity contribution in [1.29, 1.82) is 0 Å². The Hall–Kier alpha value is -3.25. The molecule has 6 heteroatoms. The summed E-state index contributed by atoms with van der Waals surface area (Å²) in [5.74, 6) is -0.253. The SMILES string of the molecule is Cc1cccc(NC(=O)Cn2cnc3cc(-c4ccccc4)sc3c2=O)c1C. The molecule has 4 rings (SSSR count). The molecule has 0 atom stereocenters. The number of rotatable bonds is 4. The summed E-state index contributed by atoms with van der Waals surface area (Å²) >= 11 is 1.40. The summed E-state index contributed by atoms with van der Waals surface area (Å²) in [6.45, 7) is 3.88. The standard InChI is InChI=1S/C22H19N3O2S/c1-14-7-6-10-17(15(14)2)24-20(26)12-25-13-23-18-11-19(28-21(18)22(25)27)16-8-4-3-5-9-16/h3-11,13H,12H2,1-2H3,(H,24,26). The van der Waals surface area contributed by atoms with Crippen molar-refractivity contribution in [1.82, 2.24) is 9.55 Å². The van der Waals surface area contributed by atoms with Crippen LogP contribution in [-0.4, -0.2) is 15.5 Å². The zero-order chi connectivity index (χ0) is 19.7. The van der Waals surface area contributed by atoms with Crippen LogP contribution in [0.15, 0.2) is 65.7 Å². The highest BCUT2D eigenvalue weighted by Crippen LogP contribution is 2.30. The molecule has 4 aromatic rings. The van der Waals surface area contributed by atoms with E-state index in [4.69, 9.17) is 0 Å². The number of nitrogens with one attached hydrogen (secondary N) is 1. The maximum absolute atomic E-state index is 12.8. The molecule has 0 fully saturated rings. The highest BCUT2D eigenvalue weighted by Gasteiger charge is 2.13. The van der Waals surface area contributed by atoms with Crippen LogP contribution in [0.2, 0.25) is 0 Å².